The molecule has 0 aliphatic heterocycles. The molecule has 1 amide bonds. The van der Waals surface area contributed by atoms with Crippen LogP contribution in [-0.4, -0.2) is 12.5 Å². The number of benzene rings is 2. The summed E-state index contributed by atoms with van der Waals surface area (Å²) < 4.78 is 30.2. The van der Waals surface area contributed by atoms with E-state index in [2.05, 4.69) is 29.6 Å². The first-order valence-electron chi connectivity index (χ1n) is 11.9. The predicted octanol–water partition coefficient (Wildman–Crippen LogP) is 7.18. The van der Waals surface area contributed by atoms with Crippen LogP contribution in [0.1, 0.15) is 71.6 Å². The van der Waals surface area contributed by atoms with E-state index in [1.165, 1.54) is 23.6 Å². The van der Waals surface area contributed by atoms with Crippen LogP contribution >= 0.6 is 0 Å². The number of hydrogen-bond acceptors (Lipinski definition) is 1. The second-order valence-electron chi connectivity index (χ2n) is 9.21. The first kappa shape index (κ1) is 23.2. The van der Waals surface area contributed by atoms with Gasteiger partial charge in [0.15, 0.2) is 11.6 Å². The van der Waals surface area contributed by atoms with Crippen molar-refractivity contribution in [2.24, 2.45) is 5.92 Å². The van der Waals surface area contributed by atoms with Crippen LogP contribution in [-0.2, 0) is 6.42 Å². The number of aryl methyl sites for hydroxylation is 1. The van der Waals surface area contributed by atoms with Gasteiger partial charge >= 0.3 is 0 Å². The average Bonchev–Trinajstić information content (AvgIpc) is 2.80. The molecule has 172 valence electrons. The van der Waals surface area contributed by atoms with E-state index in [-0.39, 0.29) is 11.1 Å². The smallest absolute Gasteiger partial charge is 0.254 e. The van der Waals surface area contributed by atoms with E-state index in [1.54, 1.807) is 12.2 Å². The maximum Gasteiger partial charge on any atom is 0.254 e. The van der Waals surface area contributed by atoms with Crippen LogP contribution in [0, 0.1) is 24.5 Å². The lowest BCUT2D eigenvalue weighted by atomic mass is 9.85. The molecule has 0 saturated heterocycles. The van der Waals surface area contributed by atoms with Gasteiger partial charge in [0.2, 0.25) is 0 Å². The third-order valence-corrected chi connectivity index (χ3v) is 6.60. The van der Waals surface area contributed by atoms with Gasteiger partial charge in [0.05, 0.1) is 5.56 Å². The Kier molecular flexibility index (Phi) is 7.22. The molecule has 4 rings (SSSR count). The summed E-state index contributed by atoms with van der Waals surface area (Å²) in [7, 11) is 0. The second kappa shape index (κ2) is 10.3. The van der Waals surface area contributed by atoms with Crippen LogP contribution in [0.25, 0.3) is 11.6 Å². The lowest BCUT2D eigenvalue weighted by molar-refractivity contribution is 0.0938. The molecular formula is C29H31F2NO. The zero-order chi connectivity index (χ0) is 23.4. The fraction of sp³-hybridized carbons (Fsp3) is 0.345. The van der Waals surface area contributed by atoms with Gasteiger partial charge in [-0.1, -0.05) is 73.4 Å². The molecule has 4 heteroatoms. The summed E-state index contributed by atoms with van der Waals surface area (Å²) in [5.41, 5.74) is 4.58. The molecule has 33 heavy (non-hydrogen) atoms. The highest BCUT2D eigenvalue weighted by molar-refractivity contribution is 5.97. The van der Waals surface area contributed by atoms with Gasteiger partial charge < -0.3 is 5.32 Å². The van der Waals surface area contributed by atoms with Gasteiger partial charge in [-0.05, 0) is 67.4 Å². The predicted molar refractivity (Wildman–Crippen MR) is 131 cm³/mol. The normalized spacial score (nSPS) is 16.4. The lowest BCUT2D eigenvalue weighted by Gasteiger charge is -2.22. The minimum Gasteiger partial charge on any atom is -0.352 e. The summed E-state index contributed by atoms with van der Waals surface area (Å²) in [4.78, 5) is 12.7. The first-order chi connectivity index (χ1) is 16.0. The lowest BCUT2D eigenvalue weighted by Crippen LogP contribution is -2.31. The number of amides is 1. The summed E-state index contributed by atoms with van der Waals surface area (Å²) in [5, 5.41) is 2.82. The zero-order valence-corrected chi connectivity index (χ0v) is 19.4. The molecule has 2 aromatic rings. The molecule has 2 aliphatic carbocycles. The minimum atomic E-state index is -1.08. The van der Waals surface area contributed by atoms with Gasteiger partial charge in [-0.3, -0.25) is 4.79 Å². The summed E-state index contributed by atoms with van der Waals surface area (Å²) in [6.07, 6.45) is 13.7. The fourth-order valence-electron chi connectivity index (χ4n) is 4.71. The highest BCUT2D eigenvalue weighted by Crippen LogP contribution is 2.36. The van der Waals surface area contributed by atoms with Crippen molar-refractivity contribution in [3.63, 3.8) is 0 Å². The van der Waals surface area contributed by atoms with E-state index in [0.29, 0.717) is 23.6 Å². The highest BCUT2D eigenvalue weighted by Gasteiger charge is 2.25. The first-order valence-corrected chi connectivity index (χ1v) is 11.9. The fourth-order valence-corrected chi connectivity index (χ4v) is 4.71. The molecule has 0 atom stereocenters. The number of rotatable bonds is 7. The van der Waals surface area contributed by atoms with Crippen molar-refractivity contribution in [2.75, 3.05) is 6.54 Å². The summed E-state index contributed by atoms with van der Waals surface area (Å²) in [5.74, 6) is -2.18. The van der Waals surface area contributed by atoms with Gasteiger partial charge in [-0.25, -0.2) is 8.78 Å². The number of carbonyl (C=O) groups excluding carboxylic acids is 1. The monoisotopic (exact) mass is 447 g/mol. The Bertz CT molecular complexity index is 1120. The molecule has 0 heterocycles. The third kappa shape index (κ3) is 5.32. The Hall–Kier alpha value is -3.01. The molecule has 0 unspecified atom stereocenters. The zero-order valence-electron chi connectivity index (χ0n) is 19.4. The number of carbonyl (C=O) groups is 1. The van der Waals surface area contributed by atoms with E-state index in [0.717, 1.165) is 37.7 Å². The number of nitrogens with one attached hydrogen (secondary N) is 1. The molecule has 0 spiro atoms. The topological polar surface area (TPSA) is 29.1 Å². The maximum absolute atomic E-state index is 15.2. The van der Waals surface area contributed by atoms with E-state index in [4.69, 9.17) is 0 Å². The van der Waals surface area contributed by atoms with Crippen LogP contribution < -0.4 is 5.32 Å². The summed E-state index contributed by atoms with van der Waals surface area (Å²) >= 11 is 0. The Morgan fingerprint density at radius 2 is 1.76 bits per heavy atom. The van der Waals surface area contributed by atoms with Gasteiger partial charge in [0, 0.05) is 12.1 Å². The van der Waals surface area contributed by atoms with Crippen molar-refractivity contribution in [3.8, 4) is 0 Å². The molecule has 0 radical (unpaired) electrons. The number of hydrogen-bond donors (Lipinski definition) is 1. The molecular weight excluding hydrogens is 416 g/mol. The van der Waals surface area contributed by atoms with Crippen LogP contribution in [0.5, 0.6) is 0 Å². The van der Waals surface area contributed by atoms with Crippen molar-refractivity contribution >= 4 is 17.6 Å². The van der Waals surface area contributed by atoms with Gasteiger partial charge in [0.25, 0.3) is 5.91 Å². The quantitative estimate of drug-likeness (QED) is 0.478. The largest absolute Gasteiger partial charge is 0.352 e. The Balaban J connectivity index is 1.52. The Labute approximate surface area is 195 Å². The van der Waals surface area contributed by atoms with Gasteiger partial charge in [-0.2, -0.15) is 0 Å². The third-order valence-electron chi connectivity index (χ3n) is 6.60. The van der Waals surface area contributed by atoms with E-state index >= 15 is 4.39 Å². The molecule has 2 nitrogen and oxygen atoms in total. The maximum atomic E-state index is 15.2. The van der Waals surface area contributed by atoms with E-state index in [1.807, 2.05) is 26.0 Å². The highest BCUT2D eigenvalue weighted by atomic mass is 19.2. The van der Waals surface area contributed by atoms with Crippen molar-refractivity contribution in [1.82, 2.24) is 5.32 Å². The minimum absolute atomic E-state index is 0.210. The summed E-state index contributed by atoms with van der Waals surface area (Å²) in [6, 6.07) is 9.76. The standard InChI is InChI=1S/C29H31F2NO/c1-3-7-23-17-25(29(33)32-18-21-8-5-4-6-9-21)27(30)28(31)26(23)24-15-22(16-24)14-20-12-10-19(2)11-13-20/h3,7,10-13,15-17,21H,4-6,8-9,14,18H2,1-2H3,(H,32,33)/b7-3+. The molecule has 2 aliphatic rings. The number of halogens is 2. The summed E-state index contributed by atoms with van der Waals surface area (Å²) in [6.45, 7) is 4.38. The second-order valence-corrected chi connectivity index (χ2v) is 9.21. The van der Waals surface area contributed by atoms with E-state index < -0.39 is 17.5 Å². The molecule has 1 N–H and O–H groups in total. The van der Waals surface area contributed by atoms with Crippen LogP contribution in [0.3, 0.4) is 0 Å². The van der Waals surface area contributed by atoms with Crippen molar-refractivity contribution in [2.45, 2.75) is 52.4 Å². The Morgan fingerprint density at radius 1 is 1.06 bits per heavy atom. The average molecular weight is 448 g/mol. The van der Waals surface area contributed by atoms with Crippen LogP contribution in [0.2, 0.25) is 0 Å². The van der Waals surface area contributed by atoms with Crippen molar-refractivity contribution in [3.05, 3.63) is 93.6 Å². The van der Waals surface area contributed by atoms with Crippen molar-refractivity contribution in [1.29, 1.82) is 0 Å². The van der Waals surface area contributed by atoms with E-state index in [9.17, 15) is 9.18 Å². The van der Waals surface area contributed by atoms with Crippen LogP contribution in [0.15, 0.2) is 54.1 Å². The molecule has 1 fully saturated rings. The van der Waals surface area contributed by atoms with Crippen LogP contribution in [0.4, 0.5) is 8.78 Å². The van der Waals surface area contributed by atoms with Gasteiger partial charge in [0.1, 0.15) is 0 Å². The molecule has 0 bridgehead atoms. The molecule has 1 saturated carbocycles. The SMILES string of the molecule is C/C=C/c1cc(C(=O)NCC2CCCCC2)c(F)c(F)c1C1=CC(Cc2ccc(C)cc2)=C1. The molecule has 2 aromatic carbocycles. The Morgan fingerprint density at radius 3 is 2.42 bits per heavy atom. The molecule has 0 aromatic heterocycles. The number of allylic oxidation sites excluding steroid dienone is 5. The van der Waals surface area contributed by atoms with Gasteiger partial charge in [-0.15, -0.1) is 0 Å². The van der Waals surface area contributed by atoms with Crippen molar-refractivity contribution < 1.29 is 13.6 Å².